The molecule has 0 bridgehead atoms. The van der Waals surface area contributed by atoms with Gasteiger partial charge in [-0.15, -0.1) is 0 Å². The summed E-state index contributed by atoms with van der Waals surface area (Å²) in [5.74, 6) is -2.03. The molecule has 2 aliphatic heterocycles. The highest BCUT2D eigenvalue weighted by atomic mass is 19.4. The lowest BCUT2D eigenvalue weighted by molar-refractivity contribution is -0.192. The molecule has 0 saturated carbocycles. The van der Waals surface area contributed by atoms with Gasteiger partial charge < -0.3 is 19.6 Å². The van der Waals surface area contributed by atoms with Crippen LogP contribution in [0, 0.1) is 5.92 Å². The summed E-state index contributed by atoms with van der Waals surface area (Å²) in [6.45, 7) is 8.11. The number of likely N-dealkylation sites (tertiary alicyclic amines) is 1. The van der Waals surface area contributed by atoms with Crippen molar-refractivity contribution in [1.29, 1.82) is 0 Å². The molecule has 2 heterocycles. The van der Waals surface area contributed by atoms with Crippen LogP contribution in [-0.4, -0.2) is 78.4 Å². The highest BCUT2D eigenvalue weighted by Crippen LogP contribution is 2.25. The smallest absolute Gasteiger partial charge is 0.475 e. The van der Waals surface area contributed by atoms with E-state index in [0.29, 0.717) is 12.5 Å². The van der Waals surface area contributed by atoms with Crippen molar-refractivity contribution in [1.82, 2.24) is 9.80 Å². The molecule has 0 unspecified atom stereocenters. The third kappa shape index (κ3) is 7.58. The van der Waals surface area contributed by atoms with E-state index < -0.39 is 12.1 Å². The second-order valence-electron chi connectivity index (χ2n) is 8.19. The molecule has 9 heteroatoms. The quantitative estimate of drug-likeness (QED) is 0.734. The Bertz CT molecular complexity index is 604. The third-order valence-corrected chi connectivity index (χ3v) is 6.07. The fraction of sp³-hybridized carbons (Fsp3) is 0.810. The molecule has 3 aliphatic rings. The van der Waals surface area contributed by atoms with Gasteiger partial charge in [-0.3, -0.25) is 4.79 Å². The molecule has 0 spiro atoms. The first kappa shape index (κ1) is 24.7. The molecule has 0 aromatic rings. The summed E-state index contributed by atoms with van der Waals surface area (Å²) >= 11 is 0. The van der Waals surface area contributed by atoms with Gasteiger partial charge in [0, 0.05) is 24.1 Å². The lowest BCUT2D eigenvalue weighted by Gasteiger charge is -2.34. The Morgan fingerprint density at radius 1 is 1.17 bits per heavy atom. The van der Waals surface area contributed by atoms with Gasteiger partial charge in [0.2, 0.25) is 5.91 Å². The molecule has 0 radical (unpaired) electrons. The number of piperidine rings is 1. The van der Waals surface area contributed by atoms with Gasteiger partial charge >= 0.3 is 12.1 Å². The second-order valence-corrected chi connectivity index (χ2v) is 8.19. The van der Waals surface area contributed by atoms with Crippen LogP contribution in [0.1, 0.15) is 51.9 Å². The predicted octanol–water partition coefficient (Wildman–Crippen LogP) is 3.47. The van der Waals surface area contributed by atoms with Crippen LogP contribution in [0.25, 0.3) is 0 Å². The number of carbonyl (C=O) groups is 2. The van der Waals surface area contributed by atoms with Crippen molar-refractivity contribution < 1.29 is 32.6 Å². The number of rotatable bonds is 4. The number of allylic oxidation sites excluding steroid dienone is 1. The molecule has 30 heavy (non-hydrogen) atoms. The molecular weight excluding hydrogens is 401 g/mol. The van der Waals surface area contributed by atoms with E-state index >= 15 is 0 Å². The van der Waals surface area contributed by atoms with Crippen LogP contribution in [0.2, 0.25) is 0 Å². The van der Waals surface area contributed by atoms with E-state index in [1.165, 1.54) is 32.4 Å². The first-order valence-corrected chi connectivity index (χ1v) is 10.8. The molecule has 3 rings (SSSR count). The van der Waals surface area contributed by atoms with Crippen molar-refractivity contribution in [2.24, 2.45) is 5.92 Å². The monoisotopic (exact) mass is 434 g/mol. The van der Waals surface area contributed by atoms with Crippen LogP contribution in [0.3, 0.4) is 0 Å². The average molecular weight is 434 g/mol. The Morgan fingerprint density at radius 3 is 2.40 bits per heavy atom. The second kappa shape index (κ2) is 11.7. The number of ether oxygens (including phenoxy) is 1. The van der Waals surface area contributed by atoms with Crippen molar-refractivity contribution in [3.8, 4) is 0 Å². The molecule has 1 amide bonds. The van der Waals surface area contributed by atoms with E-state index in [0.717, 1.165) is 51.0 Å². The Hall–Kier alpha value is -1.61. The van der Waals surface area contributed by atoms with Crippen molar-refractivity contribution in [3.05, 3.63) is 11.6 Å². The van der Waals surface area contributed by atoms with E-state index in [2.05, 4.69) is 22.8 Å². The highest BCUT2D eigenvalue weighted by Gasteiger charge is 2.38. The Labute approximate surface area is 176 Å². The van der Waals surface area contributed by atoms with E-state index in [-0.39, 0.29) is 11.9 Å². The molecule has 2 atom stereocenters. The van der Waals surface area contributed by atoms with Crippen molar-refractivity contribution in [2.45, 2.75) is 64.1 Å². The Kier molecular flexibility index (Phi) is 9.61. The molecule has 172 valence electrons. The van der Waals surface area contributed by atoms with Crippen LogP contribution in [0.4, 0.5) is 13.2 Å². The van der Waals surface area contributed by atoms with Crippen molar-refractivity contribution in [2.75, 3.05) is 39.4 Å². The maximum atomic E-state index is 12.8. The number of carboxylic acids is 1. The summed E-state index contributed by atoms with van der Waals surface area (Å²) in [6.07, 6.45) is 5.44. The molecule has 6 nitrogen and oxygen atoms in total. The van der Waals surface area contributed by atoms with Gasteiger partial charge in [-0.2, -0.15) is 13.2 Å². The third-order valence-electron chi connectivity index (χ3n) is 6.07. The van der Waals surface area contributed by atoms with Gasteiger partial charge in [0.25, 0.3) is 0 Å². The van der Waals surface area contributed by atoms with E-state index in [9.17, 15) is 18.0 Å². The fourth-order valence-electron chi connectivity index (χ4n) is 4.19. The summed E-state index contributed by atoms with van der Waals surface area (Å²) in [5.41, 5.74) is 1.04. The van der Waals surface area contributed by atoms with E-state index in [1.807, 2.05) is 0 Å². The average Bonchev–Trinajstić information content (AvgIpc) is 3.18. The van der Waals surface area contributed by atoms with Crippen LogP contribution in [0.15, 0.2) is 11.6 Å². The SMILES string of the molecule is C[C@H]1[C@H](CCN2CCCCC2)COCCN1C(=O)C1=CCCC1.O=C(O)C(F)(F)F. The number of carboxylic acid groups (broad SMARTS) is 1. The molecule has 2 saturated heterocycles. The number of hydrogen-bond donors (Lipinski definition) is 1. The number of aliphatic carboxylic acids is 1. The summed E-state index contributed by atoms with van der Waals surface area (Å²) in [4.78, 5) is 26.4. The minimum atomic E-state index is -5.08. The Balaban J connectivity index is 0.000000396. The van der Waals surface area contributed by atoms with Crippen LogP contribution < -0.4 is 0 Å². The first-order valence-electron chi connectivity index (χ1n) is 10.8. The van der Waals surface area contributed by atoms with E-state index in [1.54, 1.807) is 0 Å². The number of halogens is 3. The van der Waals surface area contributed by atoms with Crippen molar-refractivity contribution >= 4 is 11.9 Å². The van der Waals surface area contributed by atoms with Crippen LogP contribution in [-0.2, 0) is 14.3 Å². The molecule has 0 aromatic heterocycles. The zero-order valence-electron chi connectivity index (χ0n) is 17.6. The number of hydrogen-bond acceptors (Lipinski definition) is 4. The summed E-state index contributed by atoms with van der Waals surface area (Å²) in [5, 5.41) is 7.12. The Morgan fingerprint density at radius 2 is 1.83 bits per heavy atom. The van der Waals surface area contributed by atoms with Crippen molar-refractivity contribution in [3.63, 3.8) is 0 Å². The molecule has 2 fully saturated rings. The summed E-state index contributed by atoms with van der Waals surface area (Å²) < 4.78 is 37.6. The van der Waals surface area contributed by atoms with Gasteiger partial charge in [0.05, 0.1) is 13.2 Å². The molecule has 1 aliphatic carbocycles. The maximum Gasteiger partial charge on any atom is 0.490 e. The number of nitrogens with zero attached hydrogens (tertiary/aromatic N) is 2. The predicted molar refractivity (Wildman–Crippen MR) is 106 cm³/mol. The number of amides is 1. The largest absolute Gasteiger partial charge is 0.490 e. The maximum absolute atomic E-state index is 12.8. The lowest BCUT2D eigenvalue weighted by Crippen LogP contribution is -2.44. The number of alkyl halides is 3. The van der Waals surface area contributed by atoms with Gasteiger partial charge in [-0.25, -0.2) is 4.79 Å². The van der Waals surface area contributed by atoms with Gasteiger partial charge in [-0.05, 0) is 65.1 Å². The minimum Gasteiger partial charge on any atom is -0.475 e. The zero-order valence-corrected chi connectivity index (χ0v) is 17.6. The molecular formula is C21H33F3N2O4. The first-order chi connectivity index (χ1) is 14.2. The zero-order chi connectivity index (χ0) is 22.1. The summed E-state index contributed by atoms with van der Waals surface area (Å²) in [7, 11) is 0. The number of carbonyl (C=O) groups excluding carboxylic acids is 1. The topological polar surface area (TPSA) is 70.1 Å². The molecule has 1 N–H and O–H groups in total. The van der Waals surface area contributed by atoms with Crippen LogP contribution >= 0.6 is 0 Å². The van der Waals surface area contributed by atoms with Gasteiger partial charge in [-0.1, -0.05) is 12.5 Å². The van der Waals surface area contributed by atoms with Gasteiger partial charge in [0.15, 0.2) is 0 Å². The van der Waals surface area contributed by atoms with E-state index in [4.69, 9.17) is 14.6 Å². The highest BCUT2D eigenvalue weighted by molar-refractivity contribution is 5.94. The standard InChI is InChI=1S/C19H32N2O2.C2HF3O2/c1-16-18(9-12-20-10-5-2-6-11-20)15-23-14-13-21(16)19(22)17-7-3-4-8-17;3-2(4,5)1(6)7/h7,16,18H,2-6,8-15H2,1H3;(H,6,7)/t16-,18+;/m0./s1. The van der Waals surface area contributed by atoms with Gasteiger partial charge in [0.1, 0.15) is 0 Å². The lowest BCUT2D eigenvalue weighted by atomic mass is 9.95. The summed E-state index contributed by atoms with van der Waals surface area (Å²) in [6, 6.07) is 0.288. The normalized spacial score (nSPS) is 25.7. The fourth-order valence-corrected chi connectivity index (χ4v) is 4.19. The van der Waals surface area contributed by atoms with Crippen LogP contribution in [0.5, 0.6) is 0 Å². The minimum absolute atomic E-state index is 0.267. The molecule has 0 aromatic carbocycles.